The Balaban J connectivity index is 3.91. The summed E-state index contributed by atoms with van der Waals surface area (Å²) in [4.78, 5) is 12.3. The highest BCUT2D eigenvalue weighted by molar-refractivity contribution is 5.76. The van der Waals surface area contributed by atoms with Gasteiger partial charge in [-0.1, -0.05) is 39.0 Å². The van der Waals surface area contributed by atoms with Crippen molar-refractivity contribution in [2.24, 2.45) is 0 Å². The quantitative estimate of drug-likeness (QED) is 0.626. The zero-order valence-electron chi connectivity index (χ0n) is 11.5. The summed E-state index contributed by atoms with van der Waals surface area (Å²) in [6.45, 7) is 0.127. The molecule has 0 aromatic carbocycles. The number of hydrogen-bond donors (Lipinski definition) is 1. The molecule has 114 valence electrons. The number of nitrogens with zero attached hydrogens (tertiary/aromatic N) is 1. The number of rotatable bonds is 10. The third-order valence-electron chi connectivity index (χ3n) is 2.84. The molecule has 0 bridgehead atoms. The minimum Gasteiger partial charge on any atom is -0.395 e. The van der Waals surface area contributed by atoms with E-state index in [0.717, 1.165) is 32.1 Å². The maximum Gasteiger partial charge on any atom is 0.406 e. The number of amides is 1. The standard InChI is InChI=1S/C13H24F3NO2/c1-2-3-4-5-6-7-8-12(19)17(9-10-18)11-13(14,15)16/h18H,2-11H2,1H3. The summed E-state index contributed by atoms with van der Waals surface area (Å²) in [7, 11) is 0. The Bertz CT molecular complexity index is 245. The van der Waals surface area contributed by atoms with Gasteiger partial charge in [-0.25, -0.2) is 0 Å². The molecule has 0 rings (SSSR count). The zero-order chi connectivity index (χ0) is 14.7. The van der Waals surface area contributed by atoms with Crippen LogP contribution in [0.1, 0.15) is 51.9 Å². The van der Waals surface area contributed by atoms with E-state index in [2.05, 4.69) is 6.92 Å². The van der Waals surface area contributed by atoms with Crippen LogP contribution < -0.4 is 0 Å². The molecule has 1 amide bonds. The van der Waals surface area contributed by atoms with Crippen molar-refractivity contribution < 1.29 is 23.1 Å². The van der Waals surface area contributed by atoms with E-state index in [1.165, 1.54) is 0 Å². The van der Waals surface area contributed by atoms with Crippen molar-refractivity contribution in [2.75, 3.05) is 19.7 Å². The second-order valence-corrected chi connectivity index (χ2v) is 4.67. The van der Waals surface area contributed by atoms with E-state index in [0.29, 0.717) is 11.3 Å². The number of carbonyl (C=O) groups excluding carboxylic acids is 1. The predicted molar refractivity (Wildman–Crippen MR) is 67.7 cm³/mol. The molecule has 0 spiro atoms. The van der Waals surface area contributed by atoms with E-state index in [4.69, 9.17) is 5.11 Å². The van der Waals surface area contributed by atoms with Crippen LogP contribution in [0.5, 0.6) is 0 Å². The van der Waals surface area contributed by atoms with Crippen LogP contribution in [-0.4, -0.2) is 41.8 Å². The Morgan fingerprint density at radius 2 is 1.68 bits per heavy atom. The van der Waals surface area contributed by atoms with Crippen molar-refractivity contribution in [2.45, 2.75) is 58.0 Å². The average Bonchev–Trinajstić information content (AvgIpc) is 2.31. The Hall–Kier alpha value is -0.780. The minimum atomic E-state index is -4.41. The van der Waals surface area contributed by atoms with Crippen LogP contribution in [0.2, 0.25) is 0 Å². The number of alkyl halides is 3. The molecular formula is C13H24F3NO2. The van der Waals surface area contributed by atoms with Crippen LogP contribution in [0.4, 0.5) is 13.2 Å². The lowest BCUT2D eigenvalue weighted by Gasteiger charge is -2.23. The largest absolute Gasteiger partial charge is 0.406 e. The van der Waals surface area contributed by atoms with Crippen molar-refractivity contribution in [3.05, 3.63) is 0 Å². The van der Waals surface area contributed by atoms with Gasteiger partial charge in [-0.05, 0) is 6.42 Å². The molecule has 0 radical (unpaired) electrons. The van der Waals surface area contributed by atoms with Crippen molar-refractivity contribution in [3.8, 4) is 0 Å². The van der Waals surface area contributed by atoms with Gasteiger partial charge in [-0.3, -0.25) is 4.79 Å². The van der Waals surface area contributed by atoms with E-state index in [9.17, 15) is 18.0 Å². The van der Waals surface area contributed by atoms with E-state index in [1.807, 2.05) is 0 Å². The first kappa shape index (κ1) is 18.2. The first-order valence-electron chi connectivity index (χ1n) is 6.86. The molecule has 0 aliphatic carbocycles. The molecule has 1 N–H and O–H groups in total. The highest BCUT2D eigenvalue weighted by atomic mass is 19.4. The first-order chi connectivity index (χ1) is 8.90. The number of aliphatic hydroxyl groups excluding tert-OH is 1. The fourth-order valence-corrected chi connectivity index (χ4v) is 1.84. The summed E-state index contributed by atoms with van der Waals surface area (Å²) in [5.41, 5.74) is 0. The molecule has 0 fully saturated rings. The second kappa shape index (κ2) is 10.1. The molecule has 0 aromatic rings. The highest BCUT2D eigenvalue weighted by Gasteiger charge is 2.32. The zero-order valence-corrected chi connectivity index (χ0v) is 11.5. The van der Waals surface area contributed by atoms with Crippen molar-refractivity contribution in [1.29, 1.82) is 0 Å². The summed E-state index contributed by atoms with van der Waals surface area (Å²) < 4.78 is 36.7. The summed E-state index contributed by atoms with van der Waals surface area (Å²) in [5.74, 6) is -0.526. The fourth-order valence-electron chi connectivity index (χ4n) is 1.84. The molecule has 3 nitrogen and oxygen atoms in total. The van der Waals surface area contributed by atoms with Gasteiger partial charge in [0.2, 0.25) is 5.91 Å². The first-order valence-corrected chi connectivity index (χ1v) is 6.86. The van der Waals surface area contributed by atoms with Gasteiger partial charge in [0.25, 0.3) is 0 Å². The van der Waals surface area contributed by atoms with Crippen LogP contribution in [0.15, 0.2) is 0 Å². The van der Waals surface area contributed by atoms with Crippen LogP contribution in [0.3, 0.4) is 0 Å². The number of halogens is 3. The van der Waals surface area contributed by atoms with Crippen LogP contribution in [-0.2, 0) is 4.79 Å². The van der Waals surface area contributed by atoms with Gasteiger partial charge in [0.05, 0.1) is 6.61 Å². The topological polar surface area (TPSA) is 40.5 Å². The van der Waals surface area contributed by atoms with Crippen LogP contribution >= 0.6 is 0 Å². The summed E-state index contributed by atoms with van der Waals surface area (Å²) in [6, 6.07) is 0. The molecule has 6 heteroatoms. The van der Waals surface area contributed by atoms with Crippen molar-refractivity contribution in [3.63, 3.8) is 0 Å². The van der Waals surface area contributed by atoms with Crippen LogP contribution in [0, 0.1) is 0 Å². The Labute approximate surface area is 112 Å². The fraction of sp³-hybridized carbons (Fsp3) is 0.923. The van der Waals surface area contributed by atoms with Gasteiger partial charge in [0.1, 0.15) is 6.54 Å². The summed E-state index contributed by atoms with van der Waals surface area (Å²) in [6.07, 6.45) is 1.60. The lowest BCUT2D eigenvalue weighted by atomic mass is 10.1. The Morgan fingerprint density at radius 3 is 2.21 bits per heavy atom. The van der Waals surface area contributed by atoms with Gasteiger partial charge in [-0.2, -0.15) is 13.2 Å². The molecule has 0 aliphatic heterocycles. The molecule has 0 saturated heterocycles. The van der Waals surface area contributed by atoms with Crippen molar-refractivity contribution >= 4 is 5.91 Å². The Morgan fingerprint density at radius 1 is 1.11 bits per heavy atom. The second-order valence-electron chi connectivity index (χ2n) is 4.67. The van der Waals surface area contributed by atoms with E-state index in [1.54, 1.807) is 0 Å². The highest BCUT2D eigenvalue weighted by Crippen LogP contribution is 2.17. The average molecular weight is 283 g/mol. The predicted octanol–water partition coefficient (Wildman–Crippen LogP) is 3.12. The lowest BCUT2D eigenvalue weighted by molar-refractivity contribution is -0.162. The summed E-state index contributed by atoms with van der Waals surface area (Å²) in [5, 5.41) is 8.69. The van der Waals surface area contributed by atoms with Gasteiger partial charge in [-0.15, -0.1) is 0 Å². The van der Waals surface area contributed by atoms with Crippen LogP contribution in [0.25, 0.3) is 0 Å². The van der Waals surface area contributed by atoms with Gasteiger partial charge in [0.15, 0.2) is 0 Å². The monoisotopic (exact) mass is 283 g/mol. The maximum absolute atomic E-state index is 12.2. The van der Waals surface area contributed by atoms with Gasteiger partial charge < -0.3 is 10.0 Å². The number of hydrogen-bond acceptors (Lipinski definition) is 2. The number of carbonyl (C=O) groups is 1. The maximum atomic E-state index is 12.2. The third kappa shape index (κ3) is 10.8. The van der Waals surface area contributed by atoms with Gasteiger partial charge in [0, 0.05) is 13.0 Å². The van der Waals surface area contributed by atoms with Gasteiger partial charge >= 0.3 is 6.18 Å². The third-order valence-corrected chi connectivity index (χ3v) is 2.84. The molecule has 0 heterocycles. The number of unbranched alkanes of at least 4 members (excludes halogenated alkanes) is 5. The van der Waals surface area contributed by atoms with Crippen molar-refractivity contribution in [1.82, 2.24) is 4.90 Å². The molecule has 0 saturated carbocycles. The smallest absolute Gasteiger partial charge is 0.395 e. The molecule has 0 aliphatic rings. The number of aliphatic hydroxyl groups is 1. The molecule has 0 unspecified atom stereocenters. The summed E-state index contributed by atoms with van der Waals surface area (Å²) >= 11 is 0. The molecule has 0 atom stereocenters. The Kier molecular flexibility index (Phi) is 9.65. The normalized spacial score (nSPS) is 11.6. The van der Waals surface area contributed by atoms with E-state index in [-0.39, 0.29) is 13.0 Å². The molecular weight excluding hydrogens is 259 g/mol. The lowest BCUT2D eigenvalue weighted by Crippen LogP contribution is -2.40. The molecule has 0 aromatic heterocycles. The SMILES string of the molecule is CCCCCCCCC(=O)N(CCO)CC(F)(F)F. The van der Waals surface area contributed by atoms with E-state index < -0.39 is 25.2 Å². The molecule has 19 heavy (non-hydrogen) atoms. The van der Waals surface area contributed by atoms with E-state index >= 15 is 0 Å². The minimum absolute atomic E-state index is 0.127.